The van der Waals surface area contributed by atoms with Crippen LogP contribution in [0.2, 0.25) is 0 Å². The topological polar surface area (TPSA) is 56.1 Å². The second-order valence-corrected chi connectivity index (χ2v) is 7.16. The van der Waals surface area contributed by atoms with Gasteiger partial charge in [-0.3, -0.25) is 4.79 Å². The quantitative estimate of drug-likeness (QED) is 0.932. The minimum atomic E-state index is 0.169. The Kier molecular flexibility index (Phi) is 4.47. The Labute approximate surface area is 148 Å². The summed E-state index contributed by atoms with van der Waals surface area (Å²) in [6, 6.07) is 6.50. The number of rotatable bonds is 4. The normalized spacial score (nSPS) is 22.0. The lowest BCUT2D eigenvalue weighted by Crippen LogP contribution is -2.41. The highest BCUT2D eigenvalue weighted by molar-refractivity contribution is 5.77. The summed E-state index contributed by atoms with van der Waals surface area (Å²) in [6.45, 7) is 0.833. The zero-order valence-corrected chi connectivity index (χ0v) is 14.7. The van der Waals surface area contributed by atoms with E-state index in [0.29, 0.717) is 12.3 Å². The monoisotopic (exact) mass is 339 g/mol. The molecule has 1 N–H and O–H groups in total. The van der Waals surface area contributed by atoms with Crippen molar-refractivity contribution in [3.8, 4) is 5.75 Å². The number of aryl methyl sites for hydroxylation is 2. The lowest BCUT2D eigenvalue weighted by Gasteiger charge is -2.28. The molecule has 1 aliphatic heterocycles. The second kappa shape index (κ2) is 6.90. The zero-order chi connectivity index (χ0) is 17.2. The number of carbonyl (C=O) groups is 1. The third kappa shape index (κ3) is 3.41. The Hall–Kier alpha value is -2.30. The molecule has 0 bridgehead atoms. The van der Waals surface area contributed by atoms with Crippen LogP contribution in [-0.4, -0.2) is 28.6 Å². The maximum atomic E-state index is 12.6. The Morgan fingerprint density at radius 3 is 3.16 bits per heavy atom. The van der Waals surface area contributed by atoms with Gasteiger partial charge in [-0.05, 0) is 54.9 Å². The molecular formula is C20H25N3O2. The van der Waals surface area contributed by atoms with Gasteiger partial charge in [0.2, 0.25) is 5.91 Å². The van der Waals surface area contributed by atoms with Crippen molar-refractivity contribution in [2.75, 3.05) is 7.11 Å². The van der Waals surface area contributed by atoms with E-state index in [1.807, 2.05) is 18.5 Å². The van der Waals surface area contributed by atoms with Gasteiger partial charge < -0.3 is 14.6 Å². The summed E-state index contributed by atoms with van der Waals surface area (Å²) in [5.74, 6) is 2.52. The van der Waals surface area contributed by atoms with E-state index in [4.69, 9.17) is 4.74 Å². The van der Waals surface area contributed by atoms with Crippen LogP contribution in [0, 0.1) is 0 Å². The average molecular weight is 339 g/mol. The van der Waals surface area contributed by atoms with E-state index in [1.54, 1.807) is 7.11 Å². The number of methoxy groups -OCH3 is 1. The van der Waals surface area contributed by atoms with Crippen LogP contribution in [0.15, 0.2) is 30.6 Å². The van der Waals surface area contributed by atoms with Crippen molar-refractivity contribution in [1.29, 1.82) is 0 Å². The smallest absolute Gasteiger partial charge is 0.220 e. The number of benzene rings is 1. The second-order valence-electron chi connectivity index (χ2n) is 7.16. The van der Waals surface area contributed by atoms with Gasteiger partial charge in [-0.1, -0.05) is 6.07 Å². The van der Waals surface area contributed by atoms with Gasteiger partial charge >= 0.3 is 0 Å². The minimum Gasteiger partial charge on any atom is -0.497 e. The highest BCUT2D eigenvalue weighted by atomic mass is 16.5. The average Bonchev–Trinajstić information content (AvgIpc) is 3.09. The lowest BCUT2D eigenvalue weighted by molar-refractivity contribution is -0.122. The van der Waals surface area contributed by atoms with Crippen molar-refractivity contribution in [3.05, 3.63) is 47.5 Å². The molecule has 0 spiro atoms. The fourth-order valence-electron chi connectivity index (χ4n) is 4.22. The third-order valence-corrected chi connectivity index (χ3v) is 5.52. The molecular weight excluding hydrogens is 314 g/mol. The summed E-state index contributed by atoms with van der Waals surface area (Å²) in [7, 11) is 1.70. The summed E-state index contributed by atoms with van der Waals surface area (Å²) in [6.07, 6.45) is 9.63. The molecule has 4 rings (SSSR count). The number of fused-ring (bicyclic) bond motifs is 2. The van der Waals surface area contributed by atoms with Crippen LogP contribution in [0.3, 0.4) is 0 Å². The molecule has 0 radical (unpaired) electrons. The molecule has 1 aromatic heterocycles. The molecule has 2 aliphatic rings. The van der Waals surface area contributed by atoms with Crippen molar-refractivity contribution in [2.24, 2.45) is 0 Å². The number of ether oxygens (including phenoxy) is 1. The van der Waals surface area contributed by atoms with E-state index in [0.717, 1.165) is 50.2 Å². The Morgan fingerprint density at radius 2 is 2.28 bits per heavy atom. The van der Waals surface area contributed by atoms with Crippen LogP contribution in [0.4, 0.5) is 0 Å². The number of carbonyl (C=O) groups excluding carboxylic acids is 1. The van der Waals surface area contributed by atoms with Crippen LogP contribution in [0.5, 0.6) is 5.75 Å². The van der Waals surface area contributed by atoms with Gasteiger partial charge in [-0.2, -0.15) is 0 Å². The number of nitrogens with zero attached hydrogens (tertiary/aromatic N) is 2. The van der Waals surface area contributed by atoms with Crippen LogP contribution in [0.1, 0.15) is 48.6 Å². The van der Waals surface area contributed by atoms with Gasteiger partial charge in [-0.25, -0.2) is 4.98 Å². The first-order valence-corrected chi connectivity index (χ1v) is 9.19. The molecule has 1 aliphatic carbocycles. The van der Waals surface area contributed by atoms with E-state index in [9.17, 15) is 4.79 Å². The molecule has 2 atom stereocenters. The van der Waals surface area contributed by atoms with Crippen molar-refractivity contribution in [3.63, 3.8) is 0 Å². The number of hydrogen-bond acceptors (Lipinski definition) is 3. The van der Waals surface area contributed by atoms with Gasteiger partial charge in [-0.15, -0.1) is 0 Å². The van der Waals surface area contributed by atoms with Gasteiger partial charge in [0.15, 0.2) is 0 Å². The summed E-state index contributed by atoms with van der Waals surface area (Å²) >= 11 is 0. The third-order valence-electron chi connectivity index (χ3n) is 5.52. The predicted octanol–water partition coefficient (Wildman–Crippen LogP) is 2.83. The fraction of sp³-hybridized carbons (Fsp3) is 0.500. The number of amides is 1. The molecule has 0 saturated heterocycles. The Balaban J connectivity index is 1.39. The molecule has 0 saturated carbocycles. The summed E-state index contributed by atoms with van der Waals surface area (Å²) in [5.41, 5.74) is 2.66. The number of hydrogen-bond donors (Lipinski definition) is 1. The standard InChI is InChI=1S/C20H25N3O2/c1-25-17-6-7-18-14(11-17)3-2-4-15(18)12-20(24)22-16-5-8-19-21-9-10-23(19)13-16/h6-7,9-11,15-16H,2-5,8,12-13H2,1H3,(H,22,24)/t15-,16+/m1/s1. The van der Waals surface area contributed by atoms with E-state index < -0.39 is 0 Å². The highest BCUT2D eigenvalue weighted by Crippen LogP contribution is 2.35. The van der Waals surface area contributed by atoms with E-state index in [1.165, 1.54) is 11.1 Å². The number of nitrogens with one attached hydrogen (secondary N) is 1. The fourth-order valence-corrected chi connectivity index (χ4v) is 4.22. The molecule has 1 aromatic carbocycles. The molecule has 0 fully saturated rings. The van der Waals surface area contributed by atoms with Gasteiger partial charge in [0, 0.05) is 37.8 Å². The van der Waals surface area contributed by atoms with Crippen LogP contribution >= 0.6 is 0 Å². The predicted molar refractivity (Wildman–Crippen MR) is 95.8 cm³/mol. The maximum Gasteiger partial charge on any atom is 0.220 e. The van der Waals surface area contributed by atoms with Gasteiger partial charge in [0.05, 0.1) is 7.11 Å². The molecule has 5 heteroatoms. The molecule has 2 heterocycles. The van der Waals surface area contributed by atoms with Gasteiger partial charge in [0.25, 0.3) is 0 Å². The summed E-state index contributed by atoms with van der Waals surface area (Å²) in [4.78, 5) is 16.9. The molecule has 132 valence electrons. The summed E-state index contributed by atoms with van der Waals surface area (Å²) in [5, 5.41) is 3.24. The molecule has 25 heavy (non-hydrogen) atoms. The van der Waals surface area contributed by atoms with Crippen molar-refractivity contribution < 1.29 is 9.53 Å². The molecule has 5 nitrogen and oxygen atoms in total. The minimum absolute atomic E-state index is 0.169. The molecule has 0 unspecified atom stereocenters. The molecule has 1 amide bonds. The van der Waals surface area contributed by atoms with E-state index in [2.05, 4.69) is 27.0 Å². The lowest BCUT2D eigenvalue weighted by atomic mass is 9.81. The van der Waals surface area contributed by atoms with Crippen molar-refractivity contribution in [2.45, 2.75) is 57.0 Å². The van der Waals surface area contributed by atoms with Crippen LogP contribution in [-0.2, 0) is 24.2 Å². The number of aromatic nitrogens is 2. The Morgan fingerprint density at radius 1 is 1.36 bits per heavy atom. The van der Waals surface area contributed by atoms with Crippen molar-refractivity contribution >= 4 is 5.91 Å². The molecule has 2 aromatic rings. The van der Waals surface area contributed by atoms with E-state index >= 15 is 0 Å². The zero-order valence-electron chi connectivity index (χ0n) is 14.7. The van der Waals surface area contributed by atoms with Crippen molar-refractivity contribution in [1.82, 2.24) is 14.9 Å². The summed E-state index contributed by atoms with van der Waals surface area (Å²) < 4.78 is 7.48. The van der Waals surface area contributed by atoms with Gasteiger partial charge in [0.1, 0.15) is 11.6 Å². The first kappa shape index (κ1) is 16.2. The Bertz CT molecular complexity index is 768. The first-order valence-electron chi connectivity index (χ1n) is 9.19. The maximum absolute atomic E-state index is 12.6. The highest BCUT2D eigenvalue weighted by Gasteiger charge is 2.25. The van der Waals surface area contributed by atoms with Crippen LogP contribution < -0.4 is 10.1 Å². The largest absolute Gasteiger partial charge is 0.497 e. The SMILES string of the molecule is COc1ccc2c(c1)CCC[C@@H]2CC(=O)N[C@H]1CCc2nccn2C1. The van der Waals surface area contributed by atoms with E-state index in [-0.39, 0.29) is 11.9 Å². The van der Waals surface area contributed by atoms with Crippen LogP contribution in [0.25, 0.3) is 0 Å². The first-order chi connectivity index (χ1) is 12.2. The number of imidazole rings is 1.